The molecule has 1 aliphatic carbocycles. The van der Waals surface area contributed by atoms with Gasteiger partial charge in [0, 0.05) is 20.1 Å². The highest BCUT2D eigenvalue weighted by Crippen LogP contribution is 2.29. The minimum atomic E-state index is -0.856. The Morgan fingerprint density at radius 1 is 1.41 bits per heavy atom. The number of nitrogens with zero attached hydrogens (tertiary/aromatic N) is 1. The molecule has 2 N–H and O–H groups in total. The Kier molecular flexibility index (Phi) is 4.78. The summed E-state index contributed by atoms with van der Waals surface area (Å²) < 4.78 is 0. The van der Waals surface area contributed by atoms with Gasteiger partial charge in [0.1, 0.15) is 0 Å². The summed E-state index contributed by atoms with van der Waals surface area (Å²) in [6.45, 7) is 4.66. The number of carboxylic acids is 1. The van der Waals surface area contributed by atoms with Crippen LogP contribution in [-0.2, 0) is 4.79 Å². The number of carbonyl (C=O) groups is 2. The third-order valence-corrected chi connectivity index (χ3v) is 3.17. The van der Waals surface area contributed by atoms with Crippen molar-refractivity contribution in [1.29, 1.82) is 0 Å². The molecular formula is C12H22N2O3. The van der Waals surface area contributed by atoms with Gasteiger partial charge in [-0.2, -0.15) is 0 Å². The molecule has 17 heavy (non-hydrogen) atoms. The second-order valence-corrected chi connectivity index (χ2v) is 5.20. The largest absolute Gasteiger partial charge is 0.481 e. The molecule has 0 aromatic rings. The van der Waals surface area contributed by atoms with Crippen LogP contribution < -0.4 is 5.32 Å². The van der Waals surface area contributed by atoms with Gasteiger partial charge in [0.15, 0.2) is 0 Å². The van der Waals surface area contributed by atoms with Gasteiger partial charge in [0.05, 0.1) is 5.92 Å². The molecule has 0 radical (unpaired) electrons. The van der Waals surface area contributed by atoms with Crippen molar-refractivity contribution >= 4 is 12.0 Å². The lowest BCUT2D eigenvalue weighted by molar-refractivity contribution is -0.142. The zero-order valence-electron chi connectivity index (χ0n) is 10.8. The van der Waals surface area contributed by atoms with Crippen LogP contribution in [0, 0.1) is 17.8 Å². The predicted molar refractivity (Wildman–Crippen MR) is 64.7 cm³/mol. The first-order valence-corrected chi connectivity index (χ1v) is 6.13. The first kappa shape index (κ1) is 13.8. The fourth-order valence-electron chi connectivity index (χ4n) is 1.71. The monoisotopic (exact) mass is 242 g/mol. The summed E-state index contributed by atoms with van der Waals surface area (Å²) in [6.07, 6.45) is 2.39. The van der Waals surface area contributed by atoms with E-state index in [-0.39, 0.29) is 18.5 Å². The van der Waals surface area contributed by atoms with E-state index in [0.717, 1.165) is 6.54 Å². The molecule has 0 bridgehead atoms. The van der Waals surface area contributed by atoms with E-state index in [9.17, 15) is 9.59 Å². The summed E-state index contributed by atoms with van der Waals surface area (Å²) in [7, 11) is 1.75. The van der Waals surface area contributed by atoms with Gasteiger partial charge in [-0.05, 0) is 24.7 Å². The van der Waals surface area contributed by atoms with Gasteiger partial charge in [-0.3, -0.25) is 4.79 Å². The Morgan fingerprint density at radius 3 is 2.41 bits per heavy atom. The lowest BCUT2D eigenvalue weighted by Crippen LogP contribution is -2.42. The molecule has 1 atom stereocenters. The van der Waals surface area contributed by atoms with Gasteiger partial charge in [-0.15, -0.1) is 0 Å². The summed E-state index contributed by atoms with van der Waals surface area (Å²) in [5.41, 5.74) is 0. The third-order valence-electron chi connectivity index (χ3n) is 3.17. The van der Waals surface area contributed by atoms with E-state index >= 15 is 0 Å². The standard InChI is InChI=1S/C12H22N2O3/c1-8(2)10(11(15)16)6-13-12(17)14(3)7-9-4-5-9/h8-10H,4-7H2,1-3H3,(H,13,17)(H,15,16). The molecular weight excluding hydrogens is 220 g/mol. The highest BCUT2D eigenvalue weighted by atomic mass is 16.4. The summed E-state index contributed by atoms with van der Waals surface area (Å²) in [5, 5.41) is 11.7. The van der Waals surface area contributed by atoms with Gasteiger partial charge in [0.2, 0.25) is 0 Å². The highest BCUT2D eigenvalue weighted by Gasteiger charge is 2.26. The van der Waals surface area contributed by atoms with Crippen molar-refractivity contribution in [2.24, 2.45) is 17.8 Å². The number of rotatable bonds is 6. The van der Waals surface area contributed by atoms with Gasteiger partial charge in [-0.1, -0.05) is 13.8 Å². The van der Waals surface area contributed by atoms with E-state index in [2.05, 4.69) is 5.32 Å². The quantitative estimate of drug-likeness (QED) is 0.739. The molecule has 1 saturated carbocycles. The number of aliphatic carboxylic acids is 1. The second-order valence-electron chi connectivity index (χ2n) is 5.20. The van der Waals surface area contributed by atoms with Crippen molar-refractivity contribution in [3.63, 3.8) is 0 Å². The fraction of sp³-hybridized carbons (Fsp3) is 0.833. The van der Waals surface area contributed by atoms with Gasteiger partial charge in [-0.25, -0.2) is 4.79 Å². The molecule has 0 heterocycles. The van der Waals surface area contributed by atoms with E-state index in [0.29, 0.717) is 5.92 Å². The summed E-state index contributed by atoms with van der Waals surface area (Å²) in [6, 6.07) is -0.177. The molecule has 5 nitrogen and oxygen atoms in total. The number of carbonyl (C=O) groups excluding carboxylic acids is 1. The van der Waals surface area contributed by atoms with Crippen LogP contribution in [0.4, 0.5) is 4.79 Å². The average molecular weight is 242 g/mol. The predicted octanol–water partition coefficient (Wildman–Crippen LogP) is 1.39. The molecule has 2 amide bonds. The zero-order valence-corrected chi connectivity index (χ0v) is 10.8. The van der Waals surface area contributed by atoms with Crippen LogP contribution in [0.25, 0.3) is 0 Å². The van der Waals surface area contributed by atoms with E-state index in [1.54, 1.807) is 11.9 Å². The smallest absolute Gasteiger partial charge is 0.317 e. The van der Waals surface area contributed by atoms with Crippen molar-refractivity contribution in [1.82, 2.24) is 10.2 Å². The third kappa shape index (κ3) is 4.63. The minimum absolute atomic E-state index is 0.0153. The molecule has 1 unspecified atom stereocenters. The second kappa shape index (κ2) is 5.89. The van der Waals surface area contributed by atoms with Gasteiger partial charge >= 0.3 is 12.0 Å². The summed E-state index contributed by atoms with van der Waals surface area (Å²) in [4.78, 5) is 24.3. The maximum atomic E-state index is 11.7. The van der Waals surface area contributed by atoms with Crippen LogP contribution in [-0.4, -0.2) is 42.1 Å². The van der Waals surface area contributed by atoms with Crippen LogP contribution >= 0.6 is 0 Å². The van der Waals surface area contributed by atoms with Crippen LogP contribution in [0.3, 0.4) is 0 Å². The Bertz CT molecular complexity index is 287. The molecule has 98 valence electrons. The molecule has 1 aliphatic rings. The maximum absolute atomic E-state index is 11.7. The molecule has 1 rings (SSSR count). The van der Waals surface area contributed by atoms with E-state index in [4.69, 9.17) is 5.11 Å². The summed E-state index contributed by atoms with van der Waals surface area (Å²) in [5.74, 6) is -0.717. The number of nitrogens with one attached hydrogen (secondary N) is 1. The fourth-order valence-corrected chi connectivity index (χ4v) is 1.71. The Hall–Kier alpha value is -1.26. The molecule has 0 aromatic carbocycles. The van der Waals surface area contributed by atoms with Crippen LogP contribution in [0.1, 0.15) is 26.7 Å². The molecule has 0 aliphatic heterocycles. The number of hydrogen-bond donors (Lipinski definition) is 2. The number of urea groups is 1. The normalized spacial score (nSPS) is 16.7. The lowest BCUT2D eigenvalue weighted by Gasteiger charge is -2.21. The lowest BCUT2D eigenvalue weighted by atomic mass is 9.96. The summed E-state index contributed by atoms with van der Waals surface area (Å²) >= 11 is 0. The first-order valence-electron chi connectivity index (χ1n) is 6.13. The van der Waals surface area contributed by atoms with Crippen molar-refractivity contribution in [2.75, 3.05) is 20.1 Å². The first-order chi connectivity index (χ1) is 7.91. The average Bonchev–Trinajstić information content (AvgIpc) is 3.00. The minimum Gasteiger partial charge on any atom is -0.481 e. The number of carboxylic acid groups (broad SMARTS) is 1. The number of amides is 2. The molecule has 1 fully saturated rings. The van der Waals surface area contributed by atoms with Crippen molar-refractivity contribution < 1.29 is 14.7 Å². The molecule has 0 saturated heterocycles. The Morgan fingerprint density at radius 2 is 2.00 bits per heavy atom. The Balaban J connectivity index is 2.31. The van der Waals surface area contributed by atoms with E-state index in [1.165, 1.54) is 12.8 Å². The van der Waals surface area contributed by atoms with E-state index in [1.807, 2.05) is 13.8 Å². The van der Waals surface area contributed by atoms with Crippen molar-refractivity contribution in [2.45, 2.75) is 26.7 Å². The SMILES string of the molecule is CC(C)C(CNC(=O)N(C)CC1CC1)C(=O)O. The van der Waals surface area contributed by atoms with Crippen LogP contribution in [0.5, 0.6) is 0 Å². The number of hydrogen-bond acceptors (Lipinski definition) is 2. The van der Waals surface area contributed by atoms with E-state index < -0.39 is 11.9 Å². The van der Waals surface area contributed by atoms with Crippen LogP contribution in [0.2, 0.25) is 0 Å². The highest BCUT2D eigenvalue weighted by molar-refractivity contribution is 5.75. The molecule has 0 spiro atoms. The Labute approximate surface area is 102 Å². The molecule has 0 aromatic heterocycles. The maximum Gasteiger partial charge on any atom is 0.317 e. The van der Waals surface area contributed by atoms with Crippen molar-refractivity contribution in [3.05, 3.63) is 0 Å². The molecule has 5 heteroatoms. The van der Waals surface area contributed by atoms with Gasteiger partial charge in [0.25, 0.3) is 0 Å². The zero-order chi connectivity index (χ0) is 13.0. The van der Waals surface area contributed by atoms with Crippen molar-refractivity contribution in [3.8, 4) is 0 Å². The van der Waals surface area contributed by atoms with Gasteiger partial charge < -0.3 is 15.3 Å². The topological polar surface area (TPSA) is 69.6 Å². The van der Waals surface area contributed by atoms with Crippen LogP contribution in [0.15, 0.2) is 0 Å².